The molecule has 12 nitrogen and oxygen atoms in total. The van der Waals surface area contributed by atoms with Crippen molar-refractivity contribution in [1.29, 1.82) is 0 Å². The summed E-state index contributed by atoms with van der Waals surface area (Å²) in [5, 5.41) is 38.6. The van der Waals surface area contributed by atoms with E-state index in [-0.39, 0.29) is 48.1 Å². The number of aromatic hydroxyl groups is 4. The second-order valence-corrected chi connectivity index (χ2v) is 19.0. The second kappa shape index (κ2) is 30.2. The highest BCUT2D eigenvalue weighted by Gasteiger charge is 2.23. The van der Waals surface area contributed by atoms with Gasteiger partial charge in [-0.25, -0.2) is 0 Å². The molecule has 6 aromatic carbocycles. The zero-order valence-corrected chi connectivity index (χ0v) is 44.5. The molecule has 0 fully saturated rings. The van der Waals surface area contributed by atoms with Crippen molar-refractivity contribution in [1.82, 2.24) is 0 Å². The molecule has 78 heavy (non-hydrogen) atoms. The molecular weight excluding hydrogens is 985 g/mol. The predicted octanol–water partition coefficient (Wildman–Crippen LogP) is 15.6. The monoisotopic (exact) mass is 1050 g/mol. The molecule has 0 aliphatic heterocycles. The average molecular weight is 1060 g/mol. The molecule has 8 rings (SSSR count). The topological polar surface area (TPSA) is 178 Å². The van der Waals surface area contributed by atoms with E-state index < -0.39 is 28.4 Å². The van der Waals surface area contributed by atoms with Gasteiger partial charge in [0.25, 0.3) is 0 Å². The SMILES string of the molecule is CCCCCCC=Cc1cc(=O)c(OCc2ccccc2)c(-c2cc(OCc3ccccc3)c(OCc3ccccc3)c(OCc3ccccc3)c2)o1.CCCCCCCCc1cc(=O)c(O)c(-c2cc(O)c(O)c(O)c2)o1. The van der Waals surface area contributed by atoms with Crippen LogP contribution < -0.4 is 29.8 Å². The quantitative estimate of drug-likeness (QED) is 0.0283. The molecule has 0 atom stereocenters. The van der Waals surface area contributed by atoms with Crippen molar-refractivity contribution in [3.05, 3.63) is 218 Å². The fourth-order valence-corrected chi connectivity index (χ4v) is 8.46. The van der Waals surface area contributed by atoms with Crippen molar-refractivity contribution in [3.63, 3.8) is 0 Å². The number of aryl methyl sites for hydroxylation is 1. The van der Waals surface area contributed by atoms with Crippen LogP contribution in [0.4, 0.5) is 0 Å². The highest BCUT2D eigenvalue weighted by Crippen LogP contribution is 2.45. The number of unbranched alkanes of at least 4 members (excludes halogenated alkanes) is 9. The lowest BCUT2D eigenvalue weighted by Gasteiger charge is -2.20. The molecule has 12 heteroatoms. The minimum Gasteiger partial charge on any atom is -0.504 e. The van der Waals surface area contributed by atoms with E-state index in [2.05, 4.69) is 19.9 Å². The number of phenols is 3. The summed E-state index contributed by atoms with van der Waals surface area (Å²) in [5.41, 5.74) is 3.69. The van der Waals surface area contributed by atoms with E-state index in [1.54, 1.807) is 0 Å². The van der Waals surface area contributed by atoms with Crippen LogP contribution in [0.25, 0.3) is 28.7 Å². The van der Waals surface area contributed by atoms with E-state index in [4.69, 9.17) is 27.8 Å². The Morgan fingerprint density at radius 2 is 0.885 bits per heavy atom. The lowest BCUT2D eigenvalue weighted by Crippen LogP contribution is -2.10. The van der Waals surface area contributed by atoms with Gasteiger partial charge in [-0.05, 0) is 71.9 Å². The van der Waals surface area contributed by atoms with Gasteiger partial charge in [0.15, 0.2) is 40.3 Å². The van der Waals surface area contributed by atoms with Crippen LogP contribution in [0.2, 0.25) is 0 Å². The molecule has 406 valence electrons. The molecule has 0 unspecified atom stereocenters. The van der Waals surface area contributed by atoms with Gasteiger partial charge in [0.1, 0.15) is 37.9 Å². The maximum Gasteiger partial charge on any atom is 0.228 e. The van der Waals surface area contributed by atoms with Crippen molar-refractivity contribution in [2.45, 2.75) is 117 Å². The van der Waals surface area contributed by atoms with Gasteiger partial charge in [-0.3, -0.25) is 9.59 Å². The molecule has 0 bridgehead atoms. The number of allylic oxidation sites excluding steroid dienone is 1. The third-order valence-corrected chi connectivity index (χ3v) is 12.7. The van der Waals surface area contributed by atoms with Gasteiger partial charge in [-0.15, -0.1) is 0 Å². The van der Waals surface area contributed by atoms with Crippen molar-refractivity contribution < 1.29 is 48.2 Å². The molecule has 0 amide bonds. The molecule has 2 heterocycles. The predicted molar refractivity (Wildman–Crippen MR) is 305 cm³/mol. The van der Waals surface area contributed by atoms with Crippen molar-refractivity contribution in [2.24, 2.45) is 0 Å². The van der Waals surface area contributed by atoms with Crippen LogP contribution in [-0.4, -0.2) is 20.4 Å². The molecule has 0 spiro atoms. The van der Waals surface area contributed by atoms with Crippen LogP contribution in [0.15, 0.2) is 182 Å². The van der Waals surface area contributed by atoms with Crippen LogP contribution in [-0.2, 0) is 32.8 Å². The van der Waals surface area contributed by atoms with E-state index in [1.165, 1.54) is 50.7 Å². The summed E-state index contributed by atoms with van der Waals surface area (Å²) in [6.07, 6.45) is 16.6. The average Bonchev–Trinajstić information content (AvgIpc) is 3.47. The summed E-state index contributed by atoms with van der Waals surface area (Å²) < 4.78 is 38.0. The van der Waals surface area contributed by atoms with Crippen LogP contribution in [0, 0.1) is 0 Å². The summed E-state index contributed by atoms with van der Waals surface area (Å²) in [4.78, 5) is 25.8. The Bertz CT molecular complexity index is 3150. The van der Waals surface area contributed by atoms with Crippen molar-refractivity contribution >= 4 is 6.08 Å². The third kappa shape index (κ3) is 17.2. The third-order valence-electron chi connectivity index (χ3n) is 12.7. The normalized spacial score (nSPS) is 11.0. The molecule has 0 saturated heterocycles. The number of benzene rings is 6. The summed E-state index contributed by atoms with van der Waals surface area (Å²) in [6, 6.07) is 48.2. The fourth-order valence-electron chi connectivity index (χ4n) is 8.46. The first kappa shape index (κ1) is 57.1. The van der Waals surface area contributed by atoms with Crippen LogP contribution in [0.5, 0.6) is 46.0 Å². The standard InChI is InChI=1S/C47H46O6.C19H24O6/c1-2-3-4-5-6-19-28-41-31-42(48)46(51-34-38-24-15-9-16-25-38)45(53-41)40-29-43(49-32-36-20-11-7-12-21-36)47(52-35-39-26-17-10-18-27-39)44(30-40)50-33-37-22-13-8-14-23-37;1-2-3-4-5-6-7-8-13-11-16(22)18(24)19(25-13)12-9-14(20)17(23)15(21)10-12/h7-31H,2-6,32-35H2,1H3;9-11,20-21,23-24H,2-8H2,1H3. The van der Waals surface area contributed by atoms with Crippen LogP contribution in [0.1, 0.15) is 118 Å². The van der Waals surface area contributed by atoms with E-state index in [1.807, 2.05) is 140 Å². The summed E-state index contributed by atoms with van der Waals surface area (Å²) in [7, 11) is 0. The molecule has 2 aromatic heterocycles. The van der Waals surface area contributed by atoms with E-state index in [9.17, 15) is 30.0 Å². The minimum absolute atomic E-state index is 0.104. The first-order valence-electron chi connectivity index (χ1n) is 26.9. The van der Waals surface area contributed by atoms with Gasteiger partial charge in [-0.1, -0.05) is 193 Å². The zero-order chi connectivity index (χ0) is 54.9. The number of hydrogen-bond acceptors (Lipinski definition) is 12. The van der Waals surface area contributed by atoms with Crippen LogP contribution in [0.3, 0.4) is 0 Å². The molecular formula is C66H70O12. The first-order valence-corrected chi connectivity index (χ1v) is 26.9. The second-order valence-electron chi connectivity index (χ2n) is 19.0. The summed E-state index contributed by atoms with van der Waals surface area (Å²) >= 11 is 0. The Morgan fingerprint density at radius 1 is 0.436 bits per heavy atom. The lowest BCUT2D eigenvalue weighted by atomic mass is 10.1. The van der Waals surface area contributed by atoms with Crippen molar-refractivity contribution in [2.75, 3.05) is 0 Å². The maximum absolute atomic E-state index is 13.8. The molecule has 0 aliphatic carbocycles. The molecule has 0 aliphatic rings. The van der Waals surface area contributed by atoms with Crippen molar-refractivity contribution in [3.8, 4) is 68.6 Å². The smallest absolute Gasteiger partial charge is 0.228 e. The van der Waals surface area contributed by atoms with Gasteiger partial charge in [-0.2, -0.15) is 0 Å². The molecule has 8 aromatic rings. The molecule has 0 radical (unpaired) electrons. The number of ether oxygens (including phenoxy) is 4. The van der Waals surface area contributed by atoms with Gasteiger partial charge in [0, 0.05) is 29.7 Å². The number of phenolic OH excluding ortho intramolecular Hbond substituents is 3. The lowest BCUT2D eigenvalue weighted by molar-refractivity contribution is 0.230. The Balaban J connectivity index is 0.000000295. The highest BCUT2D eigenvalue weighted by molar-refractivity contribution is 5.73. The zero-order valence-electron chi connectivity index (χ0n) is 44.5. The first-order chi connectivity index (χ1) is 38.1. The highest BCUT2D eigenvalue weighted by atomic mass is 16.5. The number of rotatable bonds is 27. The largest absolute Gasteiger partial charge is 0.504 e. The maximum atomic E-state index is 13.8. The summed E-state index contributed by atoms with van der Waals surface area (Å²) in [6.45, 7) is 5.41. The Labute approximate surface area is 456 Å². The molecule has 4 N–H and O–H groups in total. The Kier molecular flexibility index (Phi) is 22.1. The Morgan fingerprint density at radius 3 is 1.40 bits per heavy atom. The number of hydrogen-bond donors (Lipinski definition) is 4. The van der Waals surface area contributed by atoms with Crippen LogP contribution >= 0.6 is 0 Å². The summed E-state index contributed by atoms with van der Waals surface area (Å²) in [5.74, 6) is 0.0359. The van der Waals surface area contributed by atoms with Gasteiger partial charge >= 0.3 is 0 Å². The fraction of sp³-hybridized carbons (Fsp3) is 0.273. The van der Waals surface area contributed by atoms with Gasteiger partial charge in [0.05, 0.1) is 0 Å². The van der Waals surface area contributed by atoms with Gasteiger partial charge in [0.2, 0.25) is 28.1 Å². The van der Waals surface area contributed by atoms with E-state index >= 15 is 0 Å². The van der Waals surface area contributed by atoms with Gasteiger partial charge < -0.3 is 48.2 Å². The Hall–Kier alpha value is -8.64. The van der Waals surface area contributed by atoms with E-state index in [0.29, 0.717) is 47.4 Å². The van der Waals surface area contributed by atoms with E-state index in [0.717, 1.165) is 66.5 Å². The molecule has 0 saturated carbocycles. The minimum atomic E-state index is -0.672.